The molecule has 0 aromatic carbocycles. The van der Waals surface area contributed by atoms with Gasteiger partial charge in [-0.2, -0.15) is 0 Å². The van der Waals surface area contributed by atoms with Crippen LogP contribution in [0.15, 0.2) is 11.6 Å². The molecule has 5 heteroatoms. The van der Waals surface area contributed by atoms with Crippen LogP contribution >= 0.6 is 11.3 Å². The summed E-state index contributed by atoms with van der Waals surface area (Å²) in [5, 5.41) is 6.43. The van der Waals surface area contributed by atoms with Crippen LogP contribution in [0.5, 0.6) is 0 Å². The van der Waals surface area contributed by atoms with Gasteiger partial charge in [0.1, 0.15) is 0 Å². The Morgan fingerprint density at radius 1 is 1.71 bits per heavy atom. The SMILES string of the molecule is COCC(N)CNCCc1nccs1. The minimum Gasteiger partial charge on any atom is -0.383 e. The number of ether oxygens (including phenoxy) is 1. The second kappa shape index (κ2) is 6.89. The van der Waals surface area contributed by atoms with E-state index in [4.69, 9.17) is 10.5 Å². The number of hydrogen-bond acceptors (Lipinski definition) is 5. The molecule has 0 amide bonds. The molecule has 0 aliphatic heterocycles. The fourth-order valence-electron chi connectivity index (χ4n) is 1.13. The number of aromatic nitrogens is 1. The molecular weight excluding hydrogens is 198 g/mol. The lowest BCUT2D eigenvalue weighted by Gasteiger charge is -2.10. The summed E-state index contributed by atoms with van der Waals surface area (Å²) in [6.07, 6.45) is 2.80. The molecule has 0 radical (unpaired) electrons. The van der Waals surface area contributed by atoms with Crippen LogP contribution in [0.1, 0.15) is 5.01 Å². The third-order valence-corrected chi connectivity index (χ3v) is 2.63. The Bertz CT molecular complexity index is 228. The molecule has 0 bridgehead atoms. The van der Waals surface area contributed by atoms with E-state index in [-0.39, 0.29) is 6.04 Å². The van der Waals surface area contributed by atoms with Gasteiger partial charge in [0.25, 0.3) is 0 Å². The summed E-state index contributed by atoms with van der Waals surface area (Å²) in [5.41, 5.74) is 5.74. The molecule has 14 heavy (non-hydrogen) atoms. The standard InChI is InChI=1S/C9H17N3OS/c1-13-7-8(10)6-11-3-2-9-12-4-5-14-9/h4-5,8,11H,2-3,6-7,10H2,1H3. The average Bonchev–Trinajstić information content (AvgIpc) is 2.65. The van der Waals surface area contributed by atoms with Crippen LogP contribution in [0.3, 0.4) is 0 Å². The molecular formula is C9H17N3OS. The first kappa shape index (κ1) is 11.6. The van der Waals surface area contributed by atoms with Crippen LogP contribution in [0.25, 0.3) is 0 Å². The monoisotopic (exact) mass is 215 g/mol. The summed E-state index contributed by atoms with van der Waals surface area (Å²) < 4.78 is 4.93. The van der Waals surface area contributed by atoms with E-state index in [1.165, 1.54) is 0 Å². The van der Waals surface area contributed by atoms with Crippen molar-refractivity contribution in [3.63, 3.8) is 0 Å². The molecule has 0 spiro atoms. The highest BCUT2D eigenvalue weighted by Gasteiger charge is 2.00. The first-order valence-corrected chi connectivity index (χ1v) is 5.54. The zero-order chi connectivity index (χ0) is 10.2. The van der Waals surface area contributed by atoms with Gasteiger partial charge in [0.2, 0.25) is 0 Å². The third-order valence-electron chi connectivity index (χ3n) is 1.79. The second-order valence-corrected chi connectivity index (χ2v) is 4.07. The van der Waals surface area contributed by atoms with Crippen molar-refractivity contribution in [3.05, 3.63) is 16.6 Å². The van der Waals surface area contributed by atoms with E-state index in [0.29, 0.717) is 6.61 Å². The Balaban J connectivity index is 1.99. The van der Waals surface area contributed by atoms with E-state index in [0.717, 1.165) is 24.5 Å². The number of rotatable bonds is 7. The Hall–Kier alpha value is -0.490. The van der Waals surface area contributed by atoms with Crippen LogP contribution in [-0.4, -0.2) is 37.8 Å². The molecule has 0 aliphatic carbocycles. The molecule has 0 saturated carbocycles. The van der Waals surface area contributed by atoms with E-state index in [9.17, 15) is 0 Å². The fourth-order valence-corrected chi connectivity index (χ4v) is 1.75. The highest BCUT2D eigenvalue weighted by molar-refractivity contribution is 7.09. The number of thiazole rings is 1. The normalized spacial score (nSPS) is 13.0. The van der Waals surface area contributed by atoms with E-state index < -0.39 is 0 Å². The predicted molar refractivity (Wildman–Crippen MR) is 58.5 cm³/mol. The lowest BCUT2D eigenvalue weighted by molar-refractivity contribution is 0.179. The molecule has 0 fully saturated rings. The van der Waals surface area contributed by atoms with Crippen LogP contribution in [0.4, 0.5) is 0 Å². The van der Waals surface area contributed by atoms with Crippen LogP contribution < -0.4 is 11.1 Å². The zero-order valence-electron chi connectivity index (χ0n) is 8.40. The van der Waals surface area contributed by atoms with Gasteiger partial charge in [0.05, 0.1) is 11.6 Å². The molecule has 0 saturated heterocycles. The smallest absolute Gasteiger partial charge is 0.0937 e. The molecule has 80 valence electrons. The molecule has 0 aliphatic rings. The number of nitrogens with one attached hydrogen (secondary N) is 1. The largest absolute Gasteiger partial charge is 0.383 e. The van der Waals surface area contributed by atoms with Crippen molar-refractivity contribution in [2.75, 3.05) is 26.8 Å². The molecule has 3 N–H and O–H groups in total. The van der Waals surface area contributed by atoms with Gasteiger partial charge in [-0.25, -0.2) is 4.98 Å². The van der Waals surface area contributed by atoms with Gasteiger partial charge in [-0.3, -0.25) is 0 Å². The van der Waals surface area contributed by atoms with Gasteiger partial charge in [-0.15, -0.1) is 11.3 Å². The van der Waals surface area contributed by atoms with Gasteiger partial charge in [-0.05, 0) is 0 Å². The topological polar surface area (TPSA) is 60.2 Å². The molecule has 1 aromatic heterocycles. The summed E-state index contributed by atoms with van der Waals surface area (Å²) in [4.78, 5) is 4.19. The maximum atomic E-state index is 5.74. The number of methoxy groups -OCH3 is 1. The highest BCUT2D eigenvalue weighted by Crippen LogP contribution is 2.03. The van der Waals surface area contributed by atoms with Gasteiger partial charge in [0.15, 0.2) is 0 Å². The quantitative estimate of drug-likeness (QED) is 0.640. The lowest BCUT2D eigenvalue weighted by atomic mass is 10.3. The number of nitrogens with two attached hydrogens (primary N) is 1. The first-order chi connectivity index (χ1) is 6.83. The summed E-state index contributed by atoms with van der Waals surface area (Å²) in [5.74, 6) is 0. The van der Waals surface area contributed by atoms with Gasteiger partial charge in [0, 0.05) is 44.2 Å². The summed E-state index contributed by atoms with van der Waals surface area (Å²) >= 11 is 1.68. The molecule has 1 unspecified atom stereocenters. The summed E-state index contributed by atoms with van der Waals surface area (Å²) in [7, 11) is 1.66. The van der Waals surface area contributed by atoms with Crippen molar-refractivity contribution in [1.82, 2.24) is 10.3 Å². The molecule has 4 nitrogen and oxygen atoms in total. The van der Waals surface area contributed by atoms with Crippen molar-refractivity contribution in [1.29, 1.82) is 0 Å². The Morgan fingerprint density at radius 3 is 3.21 bits per heavy atom. The highest BCUT2D eigenvalue weighted by atomic mass is 32.1. The van der Waals surface area contributed by atoms with Crippen molar-refractivity contribution < 1.29 is 4.74 Å². The average molecular weight is 215 g/mol. The summed E-state index contributed by atoms with van der Waals surface area (Å²) in [6.45, 7) is 2.31. The number of hydrogen-bond donors (Lipinski definition) is 2. The minimum atomic E-state index is 0.0799. The van der Waals surface area contributed by atoms with Crippen LogP contribution in [0.2, 0.25) is 0 Å². The minimum absolute atomic E-state index is 0.0799. The summed E-state index contributed by atoms with van der Waals surface area (Å²) in [6, 6.07) is 0.0799. The van der Waals surface area contributed by atoms with Gasteiger partial charge < -0.3 is 15.8 Å². The zero-order valence-corrected chi connectivity index (χ0v) is 9.22. The predicted octanol–water partition coefficient (Wildman–Crippen LogP) is 0.249. The van der Waals surface area contributed by atoms with Crippen LogP contribution in [-0.2, 0) is 11.2 Å². The van der Waals surface area contributed by atoms with Gasteiger partial charge in [-0.1, -0.05) is 0 Å². The van der Waals surface area contributed by atoms with Crippen molar-refractivity contribution in [2.24, 2.45) is 5.73 Å². The molecule has 1 heterocycles. The maximum Gasteiger partial charge on any atom is 0.0937 e. The Morgan fingerprint density at radius 2 is 2.57 bits per heavy atom. The maximum absolute atomic E-state index is 5.74. The Kier molecular flexibility index (Phi) is 5.70. The second-order valence-electron chi connectivity index (χ2n) is 3.10. The molecule has 1 aromatic rings. The number of nitrogens with zero attached hydrogens (tertiary/aromatic N) is 1. The van der Waals surface area contributed by atoms with Crippen molar-refractivity contribution in [2.45, 2.75) is 12.5 Å². The van der Waals surface area contributed by atoms with Crippen molar-refractivity contribution in [3.8, 4) is 0 Å². The molecule has 1 atom stereocenters. The Labute approximate surface area is 88.5 Å². The molecule has 1 rings (SSSR count). The lowest BCUT2D eigenvalue weighted by Crippen LogP contribution is -2.37. The third kappa shape index (κ3) is 4.66. The van der Waals surface area contributed by atoms with E-state index >= 15 is 0 Å². The van der Waals surface area contributed by atoms with E-state index in [2.05, 4.69) is 10.3 Å². The first-order valence-electron chi connectivity index (χ1n) is 4.66. The van der Waals surface area contributed by atoms with E-state index in [1.807, 2.05) is 11.6 Å². The van der Waals surface area contributed by atoms with Gasteiger partial charge >= 0.3 is 0 Å². The van der Waals surface area contributed by atoms with Crippen molar-refractivity contribution >= 4 is 11.3 Å². The van der Waals surface area contributed by atoms with Crippen LogP contribution in [0, 0.1) is 0 Å². The fraction of sp³-hybridized carbons (Fsp3) is 0.667. The van der Waals surface area contributed by atoms with E-state index in [1.54, 1.807) is 18.4 Å².